The lowest BCUT2D eigenvalue weighted by molar-refractivity contribution is 0.887. The van der Waals surface area contributed by atoms with Crippen LogP contribution >= 0.6 is 23.2 Å². The van der Waals surface area contributed by atoms with Crippen molar-refractivity contribution in [2.45, 2.75) is 0 Å². The Kier molecular flexibility index (Phi) is 5.13. The van der Waals surface area contributed by atoms with Gasteiger partial charge in [-0.2, -0.15) is 4.98 Å². The molecule has 0 amide bonds. The molecule has 2 aromatic heterocycles. The molecule has 0 saturated carbocycles. The SMILES string of the molecule is CNc1ccc(Nc2ncc3cc(-c4c(Cl)cccc4Cl)c(=O)n(C)c3n2)cc1. The first-order chi connectivity index (χ1) is 14.0. The summed E-state index contributed by atoms with van der Waals surface area (Å²) in [6.07, 6.45) is 1.67. The molecule has 4 rings (SSSR count). The molecule has 0 aliphatic carbocycles. The maximum atomic E-state index is 13.0. The summed E-state index contributed by atoms with van der Waals surface area (Å²) in [5, 5.41) is 7.75. The summed E-state index contributed by atoms with van der Waals surface area (Å²) >= 11 is 12.6. The Morgan fingerprint density at radius 1 is 1.00 bits per heavy atom. The van der Waals surface area contributed by atoms with Crippen LogP contribution in [-0.4, -0.2) is 21.6 Å². The van der Waals surface area contributed by atoms with Crippen LogP contribution in [-0.2, 0) is 7.05 Å². The van der Waals surface area contributed by atoms with E-state index in [1.54, 1.807) is 37.5 Å². The van der Waals surface area contributed by atoms with Gasteiger partial charge in [0.25, 0.3) is 5.56 Å². The summed E-state index contributed by atoms with van der Waals surface area (Å²) in [4.78, 5) is 21.9. The standard InChI is InChI=1S/C21H17Cl2N5O/c1-24-13-6-8-14(9-7-13)26-21-25-11-12-10-15(20(29)28(2)19(12)27-21)18-16(22)4-3-5-17(18)23/h3-11,24H,1-2H3,(H,25,26,27). The molecular weight excluding hydrogens is 409 g/mol. The van der Waals surface area contributed by atoms with Gasteiger partial charge in [0.15, 0.2) is 0 Å². The number of aromatic nitrogens is 3. The molecule has 0 aliphatic heterocycles. The zero-order chi connectivity index (χ0) is 20.5. The lowest BCUT2D eigenvalue weighted by Gasteiger charge is -2.12. The summed E-state index contributed by atoms with van der Waals surface area (Å²) in [5.41, 5.74) is 3.02. The number of rotatable bonds is 4. The van der Waals surface area contributed by atoms with Crippen molar-refractivity contribution in [3.63, 3.8) is 0 Å². The predicted octanol–water partition coefficient (Wildman–Crippen LogP) is 5.09. The Balaban J connectivity index is 1.78. The van der Waals surface area contributed by atoms with Crippen molar-refractivity contribution < 1.29 is 0 Å². The molecule has 0 radical (unpaired) electrons. The average molecular weight is 426 g/mol. The van der Waals surface area contributed by atoms with Crippen molar-refractivity contribution in [2.24, 2.45) is 7.05 Å². The summed E-state index contributed by atoms with van der Waals surface area (Å²) < 4.78 is 1.47. The van der Waals surface area contributed by atoms with E-state index in [9.17, 15) is 4.79 Å². The molecule has 8 heteroatoms. The summed E-state index contributed by atoms with van der Waals surface area (Å²) in [6, 6.07) is 14.6. The van der Waals surface area contributed by atoms with Crippen LogP contribution in [0.4, 0.5) is 17.3 Å². The van der Waals surface area contributed by atoms with Crippen LogP contribution in [0, 0.1) is 0 Å². The smallest absolute Gasteiger partial charge is 0.259 e. The zero-order valence-corrected chi connectivity index (χ0v) is 17.2. The van der Waals surface area contributed by atoms with E-state index in [0.717, 1.165) is 11.4 Å². The molecule has 29 heavy (non-hydrogen) atoms. The normalized spacial score (nSPS) is 10.9. The molecule has 6 nitrogen and oxygen atoms in total. The molecule has 2 heterocycles. The van der Waals surface area contributed by atoms with Crippen molar-refractivity contribution in [1.29, 1.82) is 0 Å². The van der Waals surface area contributed by atoms with Crippen molar-refractivity contribution in [1.82, 2.24) is 14.5 Å². The molecule has 4 aromatic rings. The number of pyridine rings is 1. The molecule has 0 aliphatic rings. The highest BCUT2D eigenvalue weighted by molar-refractivity contribution is 6.39. The van der Waals surface area contributed by atoms with Crippen LogP contribution in [0.3, 0.4) is 0 Å². The number of aryl methyl sites for hydroxylation is 1. The second-order valence-corrected chi connectivity index (χ2v) is 7.26. The van der Waals surface area contributed by atoms with Crippen molar-refractivity contribution in [3.05, 3.63) is 75.1 Å². The average Bonchev–Trinajstić information content (AvgIpc) is 2.72. The maximum absolute atomic E-state index is 13.0. The van der Waals surface area contributed by atoms with Gasteiger partial charge in [-0.1, -0.05) is 29.3 Å². The second kappa shape index (κ2) is 7.73. The van der Waals surface area contributed by atoms with E-state index in [0.29, 0.717) is 38.2 Å². The van der Waals surface area contributed by atoms with Crippen molar-refractivity contribution in [2.75, 3.05) is 17.7 Å². The third-order valence-electron chi connectivity index (χ3n) is 4.61. The predicted molar refractivity (Wildman–Crippen MR) is 120 cm³/mol. The molecule has 0 unspecified atom stereocenters. The fourth-order valence-corrected chi connectivity index (χ4v) is 3.69. The van der Waals surface area contributed by atoms with Gasteiger partial charge in [-0.15, -0.1) is 0 Å². The van der Waals surface area contributed by atoms with E-state index >= 15 is 0 Å². The van der Waals surface area contributed by atoms with Crippen LogP contribution in [0.25, 0.3) is 22.2 Å². The number of anilines is 3. The van der Waals surface area contributed by atoms with Crippen LogP contribution < -0.4 is 16.2 Å². The highest BCUT2D eigenvalue weighted by atomic mass is 35.5. The molecule has 0 atom stereocenters. The summed E-state index contributed by atoms with van der Waals surface area (Å²) in [5.74, 6) is 0.397. The summed E-state index contributed by atoms with van der Waals surface area (Å²) in [7, 11) is 3.52. The number of hydrogen-bond donors (Lipinski definition) is 2. The number of nitrogens with zero attached hydrogens (tertiary/aromatic N) is 3. The molecule has 0 fully saturated rings. The Labute approximate surface area is 177 Å². The number of fused-ring (bicyclic) bond motifs is 1. The van der Waals surface area contributed by atoms with E-state index in [4.69, 9.17) is 23.2 Å². The van der Waals surface area contributed by atoms with Gasteiger partial charge in [0.2, 0.25) is 5.95 Å². The number of hydrogen-bond acceptors (Lipinski definition) is 5. The van der Waals surface area contributed by atoms with Crippen molar-refractivity contribution >= 4 is 51.6 Å². The minimum absolute atomic E-state index is 0.240. The van der Waals surface area contributed by atoms with Gasteiger partial charge in [0.05, 0.1) is 15.6 Å². The van der Waals surface area contributed by atoms with Gasteiger partial charge >= 0.3 is 0 Å². The topological polar surface area (TPSA) is 71.8 Å². The van der Waals surface area contributed by atoms with E-state index in [-0.39, 0.29) is 5.56 Å². The third-order valence-corrected chi connectivity index (χ3v) is 5.24. The molecule has 2 N–H and O–H groups in total. The zero-order valence-electron chi connectivity index (χ0n) is 15.7. The van der Waals surface area contributed by atoms with E-state index < -0.39 is 0 Å². The van der Waals surface area contributed by atoms with Crippen LogP contribution in [0.2, 0.25) is 10.0 Å². The number of halogens is 2. The minimum atomic E-state index is -0.240. The highest BCUT2D eigenvalue weighted by Gasteiger charge is 2.16. The van der Waals surface area contributed by atoms with Gasteiger partial charge in [0.1, 0.15) is 5.65 Å². The first-order valence-electron chi connectivity index (χ1n) is 8.84. The fraction of sp³-hybridized carbons (Fsp3) is 0.0952. The number of nitrogens with one attached hydrogen (secondary N) is 2. The first kappa shape index (κ1) is 19.2. The molecule has 0 spiro atoms. The lowest BCUT2D eigenvalue weighted by Crippen LogP contribution is -2.20. The largest absolute Gasteiger partial charge is 0.388 e. The first-order valence-corrected chi connectivity index (χ1v) is 9.59. The third kappa shape index (κ3) is 3.64. The van der Waals surface area contributed by atoms with Gasteiger partial charge < -0.3 is 10.6 Å². The van der Waals surface area contributed by atoms with Crippen LogP contribution in [0.5, 0.6) is 0 Å². The van der Waals surface area contributed by atoms with Gasteiger partial charge in [-0.25, -0.2) is 4.98 Å². The Morgan fingerprint density at radius 2 is 1.66 bits per heavy atom. The van der Waals surface area contributed by atoms with E-state index in [2.05, 4.69) is 20.6 Å². The van der Waals surface area contributed by atoms with E-state index in [1.165, 1.54) is 4.57 Å². The number of benzene rings is 2. The Bertz CT molecular complexity index is 1250. The molecule has 146 valence electrons. The second-order valence-electron chi connectivity index (χ2n) is 6.44. The van der Waals surface area contributed by atoms with Gasteiger partial charge in [-0.05, 0) is 42.5 Å². The molecule has 0 saturated heterocycles. The van der Waals surface area contributed by atoms with E-state index in [1.807, 2.05) is 31.3 Å². The van der Waals surface area contributed by atoms with Gasteiger partial charge in [-0.3, -0.25) is 9.36 Å². The van der Waals surface area contributed by atoms with Crippen molar-refractivity contribution in [3.8, 4) is 11.1 Å². The van der Waals surface area contributed by atoms with Crippen LogP contribution in [0.1, 0.15) is 0 Å². The maximum Gasteiger partial charge on any atom is 0.259 e. The molecule has 2 aromatic carbocycles. The van der Waals surface area contributed by atoms with Crippen LogP contribution in [0.15, 0.2) is 59.5 Å². The molecular formula is C21H17Cl2N5O. The lowest BCUT2D eigenvalue weighted by atomic mass is 10.1. The Hall–Kier alpha value is -3.09. The fourth-order valence-electron chi connectivity index (χ4n) is 3.09. The monoisotopic (exact) mass is 425 g/mol. The Morgan fingerprint density at radius 3 is 2.31 bits per heavy atom. The van der Waals surface area contributed by atoms with Gasteiger partial charge in [0, 0.05) is 42.6 Å². The highest BCUT2D eigenvalue weighted by Crippen LogP contribution is 2.33. The summed E-state index contributed by atoms with van der Waals surface area (Å²) in [6.45, 7) is 0. The minimum Gasteiger partial charge on any atom is -0.388 e. The molecule has 0 bridgehead atoms. The quantitative estimate of drug-likeness (QED) is 0.476.